The van der Waals surface area contributed by atoms with Crippen LogP contribution in [0, 0.1) is 0 Å². The summed E-state index contributed by atoms with van der Waals surface area (Å²) in [5.74, 6) is -1.24. The van der Waals surface area contributed by atoms with Crippen molar-refractivity contribution in [1.29, 1.82) is 0 Å². The predicted molar refractivity (Wildman–Crippen MR) is 79.7 cm³/mol. The number of nitrogens with one attached hydrogen (secondary N) is 1. The molecule has 5 nitrogen and oxygen atoms in total. The van der Waals surface area contributed by atoms with Crippen LogP contribution in [0.1, 0.15) is 0 Å². The molecular weight excluding hydrogens is 405 g/mol. The lowest BCUT2D eigenvalue weighted by Gasteiger charge is -2.15. The maximum atomic E-state index is 11.9. The van der Waals surface area contributed by atoms with Gasteiger partial charge in [-0.05, 0) is 18.2 Å². The molecular formula is C11H10Br2ClNO4. The van der Waals surface area contributed by atoms with Gasteiger partial charge in [0.15, 0.2) is 0 Å². The van der Waals surface area contributed by atoms with Crippen LogP contribution in [0.4, 0.5) is 5.69 Å². The molecule has 2 atom stereocenters. The molecule has 1 aromatic carbocycles. The van der Waals surface area contributed by atoms with Crippen molar-refractivity contribution in [3.8, 4) is 5.75 Å². The van der Waals surface area contributed by atoms with Crippen molar-refractivity contribution in [2.24, 2.45) is 0 Å². The fourth-order valence-corrected chi connectivity index (χ4v) is 1.99. The summed E-state index contributed by atoms with van der Waals surface area (Å²) in [7, 11) is 1.45. The second kappa shape index (κ2) is 7.12. The second-order valence-corrected chi connectivity index (χ2v) is 5.89. The van der Waals surface area contributed by atoms with E-state index in [1.807, 2.05) is 0 Å². The van der Waals surface area contributed by atoms with Gasteiger partial charge in [0.2, 0.25) is 5.91 Å². The average Bonchev–Trinajstić information content (AvgIpc) is 2.37. The lowest BCUT2D eigenvalue weighted by atomic mass is 10.2. The van der Waals surface area contributed by atoms with Crippen LogP contribution in [0.2, 0.25) is 5.02 Å². The number of anilines is 1. The lowest BCUT2D eigenvalue weighted by molar-refractivity contribution is -0.137. The van der Waals surface area contributed by atoms with Gasteiger partial charge in [-0.25, -0.2) is 0 Å². The number of carbonyl (C=O) groups excluding carboxylic acids is 1. The molecule has 0 spiro atoms. The summed E-state index contributed by atoms with van der Waals surface area (Å²) < 4.78 is 5.07. The molecule has 1 amide bonds. The van der Waals surface area contributed by atoms with Crippen molar-refractivity contribution in [3.05, 3.63) is 23.2 Å². The standard InChI is InChI=1S/C11H10Br2ClNO4/c1-19-7-3-2-5(14)4-6(7)15-10(16)8(12)9(13)11(17)18/h2-4,8-9H,1H3,(H,15,16)(H,17,18). The number of benzene rings is 1. The van der Waals surface area contributed by atoms with Gasteiger partial charge in [-0.3, -0.25) is 9.59 Å². The number of halogens is 3. The van der Waals surface area contributed by atoms with Crippen molar-refractivity contribution in [2.45, 2.75) is 9.65 Å². The van der Waals surface area contributed by atoms with E-state index >= 15 is 0 Å². The van der Waals surface area contributed by atoms with E-state index in [0.717, 1.165) is 0 Å². The Hall–Kier alpha value is -0.790. The van der Waals surface area contributed by atoms with E-state index in [0.29, 0.717) is 16.5 Å². The minimum Gasteiger partial charge on any atom is -0.495 e. The SMILES string of the molecule is COc1ccc(Cl)cc1NC(=O)C(Br)C(Br)C(=O)O. The van der Waals surface area contributed by atoms with Crippen LogP contribution in [0.25, 0.3) is 0 Å². The number of carboxylic acids is 1. The Labute approximate surface area is 131 Å². The molecule has 104 valence electrons. The van der Waals surface area contributed by atoms with Crippen molar-refractivity contribution >= 4 is 61.0 Å². The minimum absolute atomic E-state index is 0.370. The van der Waals surface area contributed by atoms with Gasteiger partial charge in [-0.1, -0.05) is 43.5 Å². The Bertz CT molecular complexity index is 498. The van der Waals surface area contributed by atoms with E-state index in [2.05, 4.69) is 37.2 Å². The second-order valence-electron chi connectivity index (χ2n) is 3.48. The summed E-state index contributed by atoms with van der Waals surface area (Å²) in [5.41, 5.74) is 0.370. The summed E-state index contributed by atoms with van der Waals surface area (Å²) in [4.78, 5) is 20.7. The molecule has 19 heavy (non-hydrogen) atoms. The molecule has 0 saturated heterocycles. The van der Waals surface area contributed by atoms with Gasteiger partial charge in [0.05, 0.1) is 12.8 Å². The van der Waals surface area contributed by atoms with Gasteiger partial charge in [0, 0.05) is 5.02 Å². The lowest BCUT2D eigenvalue weighted by Crippen LogP contribution is -2.34. The Morgan fingerprint density at radius 2 is 2.00 bits per heavy atom. The quantitative estimate of drug-likeness (QED) is 0.726. The predicted octanol–water partition coefficient (Wildman–Crippen LogP) is 2.90. The first-order valence-corrected chi connectivity index (χ1v) is 7.23. The minimum atomic E-state index is -1.14. The largest absolute Gasteiger partial charge is 0.495 e. The molecule has 1 aromatic rings. The number of amides is 1. The smallest absolute Gasteiger partial charge is 0.318 e. The van der Waals surface area contributed by atoms with Gasteiger partial charge in [-0.15, -0.1) is 0 Å². The van der Waals surface area contributed by atoms with Crippen LogP contribution >= 0.6 is 43.5 Å². The van der Waals surface area contributed by atoms with Gasteiger partial charge in [0.1, 0.15) is 15.4 Å². The Morgan fingerprint density at radius 3 is 2.53 bits per heavy atom. The number of ether oxygens (including phenoxy) is 1. The highest BCUT2D eigenvalue weighted by atomic mass is 79.9. The molecule has 2 unspecified atom stereocenters. The van der Waals surface area contributed by atoms with E-state index in [1.165, 1.54) is 13.2 Å². The van der Waals surface area contributed by atoms with Crippen LogP contribution in [-0.2, 0) is 9.59 Å². The molecule has 0 heterocycles. The van der Waals surface area contributed by atoms with Gasteiger partial charge < -0.3 is 15.2 Å². The van der Waals surface area contributed by atoms with E-state index in [4.69, 9.17) is 21.4 Å². The molecule has 0 aromatic heterocycles. The van der Waals surface area contributed by atoms with Gasteiger partial charge in [-0.2, -0.15) is 0 Å². The molecule has 0 aliphatic carbocycles. The summed E-state index contributed by atoms with van der Waals surface area (Å²) in [6.07, 6.45) is 0. The number of aliphatic carboxylic acids is 1. The Morgan fingerprint density at radius 1 is 1.37 bits per heavy atom. The fourth-order valence-electron chi connectivity index (χ4n) is 1.24. The maximum absolute atomic E-state index is 11.9. The monoisotopic (exact) mass is 413 g/mol. The maximum Gasteiger partial charge on any atom is 0.318 e. The van der Waals surface area contributed by atoms with Crippen LogP contribution in [-0.4, -0.2) is 33.7 Å². The highest BCUT2D eigenvalue weighted by molar-refractivity contribution is 9.12. The molecule has 0 aliphatic rings. The van der Waals surface area contributed by atoms with Crippen molar-refractivity contribution in [2.75, 3.05) is 12.4 Å². The zero-order valence-electron chi connectivity index (χ0n) is 9.69. The number of hydrogen-bond acceptors (Lipinski definition) is 3. The molecule has 0 aliphatic heterocycles. The molecule has 2 N–H and O–H groups in total. The molecule has 0 radical (unpaired) electrons. The van der Waals surface area contributed by atoms with Gasteiger partial charge >= 0.3 is 5.97 Å². The van der Waals surface area contributed by atoms with Crippen LogP contribution in [0.15, 0.2) is 18.2 Å². The van der Waals surface area contributed by atoms with Crippen LogP contribution < -0.4 is 10.1 Å². The van der Waals surface area contributed by atoms with Gasteiger partial charge in [0.25, 0.3) is 0 Å². The highest BCUT2D eigenvalue weighted by Crippen LogP contribution is 2.28. The third-order valence-electron chi connectivity index (χ3n) is 2.16. The Balaban J connectivity index is 2.87. The van der Waals surface area contributed by atoms with E-state index in [9.17, 15) is 9.59 Å². The number of carbonyl (C=O) groups is 2. The number of alkyl halides is 2. The molecule has 0 fully saturated rings. The topological polar surface area (TPSA) is 75.6 Å². The molecule has 0 saturated carbocycles. The van der Waals surface area contributed by atoms with Crippen LogP contribution in [0.3, 0.4) is 0 Å². The number of carboxylic acid groups (broad SMARTS) is 1. The summed E-state index contributed by atoms with van der Waals surface area (Å²) in [6.45, 7) is 0. The highest BCUT2D eigenvalue weighted by Gasteiger charge is 2.29. The number of rotatable bonds is 5. The molecule has 8 heteroatoms. The van der Waals surface area contributed by atoms with Crippen molar-refractivity contribution in [3.63, 3.8) is 0 Å². The van der Waals surface area contributed by atoms with Crippen molar-refractivity contribution in [1.82, 2.24) is 0 Å². The van der Waals surface area contributed by atoms with Crippen molar-refractivity contribution < 1.29 is 19.4 Å². The third-order valence-corrected chi connectivity index (χ3v) is 4.97. The number of hydrogen-bond donors (Lipinski definition) is 2. The summed E-state index contributed by atoms with van der Waals surface area (Å²) in [6, 6.07) is 4.73. The normalized spacial score (nSPS) is 13.5. The average molecular weight is 415 g/mol. The Kier molecular flexibility index (Phi) is 6.09. The van der Waals surface area contributed by atoms with E-state index < -0.39 is 21.5 Å². The van der Waals surface area contributed by atoms with Crippen LogP contribution in [0.5, 0.6) is 5.75 Å². The zero-order valence-corrected chi connectivity index (χ0v) is 13.6. The molecule has 1 rings (SSSR count). The summed E-state index contributed by atoms with van der Waals surface area (Å²) in [5, 5.41) is 11.8. The van der Waals surface area contributed by atoms with E-state index in [-0.39, 0.29) is 0 Å². The fraction of sp³-hybridized carbons (Fsp3) is 0.273. The van der Waals surface area contributed by atoms with E-state index in [1.54, 1.807) is 12.1 Å². The first kappa shape index (κ1) is 16.3. The first-order valence-electron chi connectivity index (χ1n) is 5.02. The third kappa shape index (κ3) is 4.36. The number of methoxy groups -OCH3 is 1. The molecule has 0 bridgehead atoms. The first-order chi connectivity index (χ1) is 8.86. The summed E-state index contributed by atoms with van der Waals surface area (Å²) >= 11 is 11.8. The zero-order chi connectivity index (χ0) is 14.6.